The lowest BCUT2D eigenvalue weighted by Gasteiger charge is -2.26. The summed E-state index contributed by atoms with van der Waals surface area (Å²) >= 11 is 5.09. The van der Waals surface area contributed by atoms with Crippen LogP contribution in [0.1, 0.15) is 18.4 Å². The number of hydrogen-bond donors (Lipinski definition) is 2. The number of nitrogens with two attached hydrogens (primary N) is 1. The van der Waals surface area contributed by atoms with Gasteiger partial charge in [-0.25, -0.2) is 0 Å². The summed E-state index contributed by atoms with van der Waals surface area (Å²) in [7, 11) is 1.63. The Balaban J connectivity index is 2.40. The summed E-state index contributed by atoms with van der Waals surface area (Å²) in [6.07, 6.45) is 2.29. The zero-order valence-electron chi connectivity index (χ0n) is 10.4. The van der Waals surface area contributed by atoms with Crippen LogP contribution in [0.2, 0.25) is 0 Å². The van der Waals surface area contributed by atoms with Gasteiger partial charge < -0.3 is 20.5 Å². The molecule has 0 atom stereocenters. The van der Waals surface area contributed by atoms with Gasteiger partial charge in [-0.3, -0.25) is 0 Å². The molecule has 0 aromatic heterocycles. The Morgan fingerprint density at radius 2 is 2.28 bits per heavy atom. The van der Waals surface area contributed by atoms with Crippen molar-refractivity contribution < 1.29 is 9.84 Å². The Hall–Kier alpha value is -1.33. The molecule has 1 aromatic rings. The Morgan fingerprint density at radius 1 is 1.56 bits per heavy atom. The van der Waals surface area contributed by atoms with Crippen molar-refractivity contribution in [3.8, 4) is 5.75 Å². The molecule has 0 aliphatic heterocycles. The monoisotopic (exact) mass is 266 g/mol. The normalized spacial score (nSPS) is 14.3. The molecule has 1 aliphatic carbocycles. The summed E-state index contributed by atoms with van der Waals surface area (Å²) < 4.78 is 5.24. The summed E-state index contributed by atoms with van der Waals surface area (Å²) in [4.78, 5) is 2.54. The van der Waals surface area contributed by atoms with Crippen molar-refractivity contribution in [2.24, 2.45) is 5.73 Å². The van der Waals surface area contributed by atoms with Crippen molar-refractivity contribution >= 4 is 22.9 Å². The third-order valence-electron chi connectivity index (χ3n) is 3.11. The lowest BCUT2D eigenvalue weighted by Crippen LogP contribution is -2.31. The van der Waals surface area contributed by atoms with E-state index in [1.165, 1.54) is 0 Å². The zero-order chi connectivity index (χ0) is 13.1. The van der Waals surface area contributed by atoms with E-state index in [1.54, 1.807) is 7.11 Å². The lowest BCUT2D eigenvalue weighted by molar-refractivity contribution is 0.301. The molecule has 0 unspecified atom stereocenters. The molecule has 98 valence electrons. The highest BCUT2D eigenvalue weighted by Crippen LogP contribution is 2.35. The second-order valence-electron chi connectivity index (χ2n) is 4.40. The van der Waals surface area contributed by atoms with E-state index < -0.39 is 0 Å². The molecule has 0 heterocycles. The molecule has 1 aliphatic rings. The first-order chi connectivity index (χ1) is 8.67. The summed E-state index contributed by atoms with van der Waals surface area (Å²) in [5.41, 5.74) is 7.56. The highest BCUT2D eigenvalue weighted by atomic mass is 32.1. The Morgan fingerprint density at radius 3 is 2.78 bits per heavy atom. The van der Waals surface area contributed by atoms with E-state index in [0.29, 0.717) is 17.6 Å². The number of aliphatic hydroxyl groups is 1. The van der Waals surface area contributed by atoms with Crippen molar-refractivity contribution in [1.29, 1.82) is 0 Å². The minimum Gasteiger partial charge on any atom is -0.497 e. The van der Waals surface area contributed by atoms with Gasteiger partial charge in [0.2, 0.25) is 0 Å². The van der Waals surface area contributed by atoms with E-state index in [9.17, 15) is 5.11 Å². The maximum atomic E-state index is 9.19. The average molecular weight is 266 g/mol. The van der Waals surface area contributed by atoms with Gasteiger partial charge in [0.15, 0.2) is 0 Å². The highest BCUT2D eigenvalue weighted by Gasteiger charge is 2.30. The van der Waals surface area contributed by atoms with E-state index in [-0.39, 0.29) is 6.61 Å². The summed E-state index contributed by atoms with van der Waals surface area (Å²) in [6.45, 7) is 0.706. The van der Waals surface area contributed by atoms with Crippen LogP contribution in [0.5, 0.6) is 5.75 Å². The standard InChI is InChI=1S/C13H18N2O2S/c1-17-10-4-5-11(13(14)18)12(8-10)15(6-7-16)9-2-3-9/h4-5,8-9,16H,2-3,6-7H2,1H3,(H2,14,18). The van der Waals surface area contributed by atoms with Gasteiger partial charge in [0.25, 0.3) is 0 Å². The first-order valence-electron chi connectivity index (χ1n) is 6.02. The van der Waals surface area contributed by atoms with Crippen LogP contribution < -0.4 is 15.4 Å². The number of ether oxygens (including phenoxy) is 1. The molecular weight excluding hydrogens is 248 g/mol. The SMILES string of the molecule is COc1ccc(C(N)=S)c(N(CCO)C2CC2)c1. The maximum Gasteiger partial charge on any atom is 0.120 e. The van der Waals surface area contributed by atoms with Gasteiger partial charge in [0, 0.05) is 24.2 Å². The predicted molar refractivity (Wildman–Crippen MR) is 76.3 cm³/mol. The fraction of sp³-hybridized carbons (Fsp3) is 0.462. The minimum absolute atomic E-state index is 0.116. The fourth-order valence-electron chi connectivity index (χ4n) is 2.08. The van der Waals surface area contributed by atoms with E-state index >= 15 is 0 Å². The number of nitrogens with zero attached hydrogens (tertiary/aromatic N) is 1. The van der Waals surface area contributed by atoms with Gasteiger partial charge in [0.05, 0.1) is 19.4 Å². The number of methoxy groups -OCH3 is 1. The molecule has 0 spiro atoms. The third-order valence-corrected chi connectivity index (χ3v) is 3.33. The topological polar surface area (TPSA) is 58.7 Å². The molecule has 5 heteroatoms. The Kier molecular flexibility index (Phi) is 4.04. The van der Waals surface area contributed by atoms with Crippen LogP contribution in [0.25, 0.3) is 0 Å². The van der Waals surface area contributed by atoms with Crippen molar-refractivity contribution in [1.82, 2.24) is 0 Å². The number of benzene rings is 1. The predicted octanol–water partition coefficient (Wildman–Crippen LogP) is 1.29. The third kappa shape index (κ3) is 2.73. The largest absolute Gasteiger partial charge is 0.497 e. The number of rotatable bonds is 6. The van der Waals surface area contributed by atoms with Gasteiger partial charge in [-0.1, -0.05) is 12.2 Å². The quantitative estimate of drug-likeness (QED) is 0.760. The van der Waals surface area contributed by atoms with E-state index in [0.717, 1.165) is 29.8 Å². The van der Waals surface area contributed by atoms with Gasteiger partial charge in [-0.2, -0.15) is 0 Å². The van der Waals surface area contributed by atoms with E-state index in [1.807, 2.05) is 18.2 Å². The van der Waals surface area contributed by atoms with Crippen LogP contribution in [-0.4, -0.2) is 36.4 Å². The zero-order valence-corrected chi connectivity index (χ0v) is 11.2. The Bertz CT molecular complexity index is 447. The van der Waals surface area contributed by atoms with Crippen LogP contribution in [0.3, 0.4) is 0 Å². The maximum absolute atomic E-state index is 9.19. The van der Waals surface area contributed by atoms with E-state index in [4.69, 9.17) is 22.7 Å². The number of anilines is 1. The van der Waals surface area contributed by atoms with Crippen molar-refractivity contribution in [3.63, 3.8) is 0 Å². The molecule has 18 heavy (non-hydrogen) atoms. The number of thiocarbonyl (C=S) groups is 1. The minimum atomic E-state index is 0.116. The highest BCUT2D eigenvalue weighted by molar-refractivity contribution is 7.80. The molecular formula is C13H18N2O2S. The molecule has 4 nitrogen and oxygen atoms in total. The number of hydrogen-bond acceptors (Lipinski definition) is 4. The van der Waals surface area contributed by atoms with Gasteiger partial charge in [0.1, 0.15) is 10.7 Å². The van der Waals surface area contributed by atoms with Crippen molar-refractivity contribution in [3.05, 3.63) is 23.8 Å². The molecule has 0 amide bonds. The van der Waals surface area contributed by atoms with E-state index in [2.05, 4.69) is 4.90 Å². The van der Waals surface area contributed by atoms with Crippen LogP contribution in [0.15, 0.2) is 18.2 Å². The van der Waals surface area contributed by atoms with Crippen molar-refractivity contribution in [2.45, 2.75) is 18.9 Å². The molecule has 1 saturated carbocycles. The molecule has 3 N–H and O–H groups in total. The fourth-order valence-corrected chi connectivity index (χ4v) is 2.25. The lowest BCUT2D eigenvalue weighted by atomic mass is 10.1. The summed E-state index contributed by atoms with van der Waals surface area (Å²) in [5, 5.41) is 9.19. The molecule has 0 radical (unpaired) electrons. The first kappa shape index (κ1) is 13.1. The summed E-state index contributed by atoms with van der Waals surface area (Å²) in [6, 6.07) is 6.14. The number of aliphatic hydroxyl groups excluding tert-OH is 1. The van der Waals surface area contributed by atoms with Crippen molar-refractivity contribution in [2.75, 3.05) is 25.2 Å². The van der Waals surface area contributed by atoms with Gasteiger partial charge in [-0.15, -0.1) is 0 Å². The molecule has 2 rings (SSSR count). The van der Waals surface area contributed by atoms with Crippen LogP contribution in [0.4, 0.5) is 5.69 Å². The summed E-state index contributed by atoms with van der Waals surface area (Å²) in [5.74, 6) is 0.772. The Labute approximate surface area is 112 Å². The van der Waals surface area contributed by atoms with Crippen LogP contribution >= 0.6 is 12.2 Å². The average Bonchev–Trinajstić information content (AvgIpc) is 3.19. The second-order valence-corrected chi connectivity index (χ2v) is 4.84. The molecule has 0 saturated heterocycles. The molecule has 0 bridgehead atoms. The van der Waals surface area contributed by atoms with Crippen LogP contribution in [0, 0.1) is 0 Å². The molecule has 1 aromatic carbocycles. The molecule has 1 fully saturated rings. The first-order valence-corrected chi connectivity index (χ1v) is 6.43. The van der Waals surface area contributed by atoms with Gasteiger partial charge >= 0.3 is 0 Å². The second kappa shape index (κ2) is 5.54. The smallest absolute Gasteiger partial charge is 0.120 e. The van der Waals surface area contributed by atoms with Crippen LogP contribution in [-0.2, 0) is 0 Å². The van der Waals surface area contributed by atoms with Gasteiger partial charge in [-0.05, 0) is 25.0 Å².